The van der Waals surface area contributed by atoms with Gasteiger partial charge in [-0.05, 0) is 61.4 Å². The Labute approximate surface area is 145 Å². The number of aryl methyl sites for hydroxylation is 1. The van der Waals surface area contributed by atoms with Crippen LogP contribution in [0.2, 0.25) is 0 Å². The van der Waals surface area contributed by atoms with Gasteiger partial charge >= 0.3 is 0 Å². The number of hydrogen-bond acceptors (Lipinski definition) is 3. The van der Waals surface area contributed by atoms with Crippen LogP contribution >= 0.6 is 0 Å². The number of nitrogens with one attached hydrogen (secondary N) is 1. The zero-order valence-corrected chi connectivity index (χ0v) is 13.9. The lowest BCUT2D eigenvalue weighted by Gasteiger charge is -2.19. The minimum Gasteiger partial charge on any atom is -0.484 e. The van der Waals surface area contributed by atoms with Crippen LogP contribution < -0.4 is 15.0 Å². The molecule has 0 unspecified atom stereocenters. The van der Waals surface area contributed by atoms with Gasteiger partial charge in [-0.2, -0.15) is 0 Å². The van der Waals surface area contributed by atoms with Gasteiger partial charge in [0.25, 0.3) is 5.91 Å². The molecule has 0 saturated carbocycles. The van der Waals surface area contributed by atoms with Crippen LogP contribution in [0.15, 0.2) is 42.5 Å². The smallest absolute Gasteiger partial charge is 0.262 e. The van der Waals surface area contributed by atoms with Crippen LogP contribution in [0.25, 0.3) is 0 Å². The van der Waals surface area contributed by atoms with Gasteiger partial charge in [0.1, 0.15) is 11.6 Å². The maximum atomic E-state index is 12.8. The van der Waals surface area contributed by atoms with Crippen molar-refractivity contribution in [3.63, 3.8) is 0 Å². The van der Waals surface area contributed by atoms with Crippen LogP contribution in [0, 0.1) is 12.7 Å². The fourth-order valence-electron chi connectivity index (χ4n) is 2.82. The van der Waals surface area contributed by atoms with Crippen molar-refractivity contribution in [2.45, 2.75) is 19.8 Å². The highest BCUT2D eigenvalue weighted by molar-refractivity contribution is 5.97. The standard InChI is InChI=1S/C19H19FN2O3/c1-13-11-15(6-9-17(13)22-10-2-3-19(22)24)21-18(23)12-25-16-7-4-14(20)5-8-16/h4-9,11H,2-3,10,12H2,1H3,(H,21,23). The first-order chi connectivity index (χ1) is 12.0. The molecule has 1 heterocycles. The number of rotatable bonds is 5. The molecule has 2 aromatic rings. The monoisotopic (exact) mass is 342 g/mol. The number of benzene rings is 2. The largest absolute Gasteiger partial charge is 0.484 e. The molecule has 1 fully saturated rings. The van der Waals surface area contributed by atoms with E-state index in [4.69, 9.17) is 4.74 Å². The van der Waals surface area contributed by atoms with E-state index in [9.17, 15) is 14.0 Å². The van der Waals surface area contributed by atoms with Crippen LogP contribution in [0.1, 0.15) is 18.4 Å². The Balaban J connectivity index is 1.58. The van der Waals surface area contributed by atoms with E-state index in [0.29, 0.717) is 17.9 Å². The summed E-state index contributed by atoms with van der Waals surface area (Å²) in [5.41, 5.74) is 2.44. The van der Waals surface area contributed by atoms with Gasteiger partial charge in [-0.1, -0.05) is 0 Å². The molecule has 3 rings (SSSR count). The van der Waals surface area contributed by atoms with Gasteiger partial charge < -0.3 is 15.0 Å². The van der Waals surface area contributed by atoms with E-state index in [0.717, 1.165) is 24.2 Å². The minimum absolute atomic E-state index is 0.132. The number of ether oxygens (including phenoxy) is 1. The first-order valence-corrected chi connectivity index (χ1v) is 8.12. The number of anilines is 2. The molecule has 6 heteroatoms. The summed E-state index contributed by atoms with van der Waals surface area (Å²) < 4.78 is 18.1. The Bertz CT molecular complexity index is 790. The minimum atomic E-state index is -0.358. The molecule has 2 aromatic carbocycles. The summed E-state index contributed by atoms with van der Waals surface area (Å²) in [7, 11) is 0. The molecule has 0 radical (unpaired) electrons. The Morgan fingerprint density at radius 2 is 2.00 bits per heavy atom. The third-order valence-electron chi connectivity index (χ3n) is 4.03. The Hall–Kier alpha value is -2.89. The summed E-state index contributed by atoms with van der Waals surface area (Å²) in [6.07, 6.45) is 1.45. The van der Waals surface area contributed by atoms with Crippen LogP contribution in [0.3, 0.4) is 0 Å². The highest BCUT2D eigenvalue weighted by atomic mass is 19.1. The van der Waals surface area contributed by atoms with E-state index < -0.39 is 0 Å². The SMILES string of the molecule is Cc1cc(NC(=O)COc2ccc(F)cc2)ccc1N1CCCC1=O. The summed E-state index contributed by atoms with van der Waals surface area (Å²) in [4.78, 5) is 25.6. The molecule has 0 atom stereocenters. The second-order valence-corrected chi connectivity index (χ2v) is 5.94. The van der Waals surface area contributed by atoms with E-state index in [1.807, 2.05) is 19.1 Å². The molecule has 25 heavy (non-hydrogen) atoms. The average molecular weight is 342 g/mol. The number of carbonyl (C=O) groups is 2. The number of carbonyl (C=O) groups excluding carboxylic acids is 2. The number of nitrogens with zero attached hydrogens (tertiary/aromatic N) is 1. The molecule has 0 spiro atoms. The third-order valence-corrected chi connectivity index (χ3v) is 4.03. The van der Waals surface area contributed by atoms with Gasteiger partial charge in [0.05, 0.1) is 0 Å². The van der Waals surface area contributed by atoms with E-state index in [-0.39, 0.29) is 24.2 Å². The quantitative estimate of drug-likeness (QED) is 0.907. The van der Waals surface area contributed by atoms with Gasteiger partial charge in [-0.3, -0.25) is 9.59 Å². The van der Waals surface area contributed by atoms with Crippen LogP contribution in [-0.2, 0) is 9.59 Å². The van der Waals surface area contributed by atoms with Gasteiger partial charge in [-0.15, -0.1) is 0 Å². The van der Waals surface area contributed by atoms with Crippen molar-refractivity contribution >= 4 is 23.2 Å². The van der Waals surface area contributed by atoms with E-state index >= 15 is 0 Å². The highest BCUT2D eigenvalue weighted by Gasteiger charge is 2.23. The molecule has 1 aliphatic heterocycles. The lowest BCUT2D eigenvalue weighted by Crippen LogP contribution is -2.24. The Morgan fingerprint density at radius 1 is 1.24 bits per heavy atom. The second kappa shape index (κ2) is 7.34. The predicted molar refractivity (Wildman–Crippen MR) is 93.3 cm³/mol. The van der Waals surface area contributed by atoms with Gasteiger partial charge in [0.2, 0.25) is 5.91 Å². The molecule has 1 N–H and O–H groups in total. The fourth-order valence-corrected chi connectivity index (χ4v) is 2.82. The van der Waals surface area contributed by atoms with Crippen molar-refractivity contribution in [2.24, 2.45) is 0 Å². The number of amides is 2. The second-order valence-electron chi connectivity index (χ2n) is 5.94. The fraction of sp³-hybridized carbons (Fsp3) is 0.263. The normalized spacial score (nSPS) is 13.8. The maximum absolute atomic E-state index is 12.8. The Morgan fingerprint density at radius 3 is 2.64 bits per heavy atom. The lowest BCUT2D eigenvalue weighted by atomic mass is 10.1. The molecule has 130 valence electrons. The van der Waals surface area contributed by atoms with Gasteiger partial charge in [0.15, 0.2) is 6.61 Å². The third kappa shape index (κ3) is 4.15. The molecular formula is C19H19FN2O3. The van der Waals surface area contributed by atoms with Crippen LogP contribution in [0.4, 0.5) is 15.8 Å². The molecular weight excluding hydrogens is 323 g/mol. The summed E-state index contributed by atoms with van der Waals surface area (Å²) >= 11 is 0. The van der Waals surface area contributed by atoms with Crippen molar-refractivity contribution in [3.05, 3.63) is 53.8 Å². The molecule has 0 aromatic heterocycles. The summed E-state index contributed by atoms with van der Waals surface area (Å²) in [5, 5.41) is 2.75. The van der Waals surface area contributed by atoms with Crippen molar-refractivity contribution in [2.75, 3.05) is 23.4 Å². The van der Waals surface area contributed by atoms with E-state index in [1.54, 1.807) is 11.0 Å². The summed E-state index contributed by atoms with van der Waals surface area (Å²) in [5.74, 6) is -0.110. The Kier molecular flexibility index (Phi) is 4.97. The zero-order valence-electron chi connectivity index (χ0n) is 13.9. The van der Waals surface area contributed by atoms with E-state index in [1.165, 1.54) is 24.3 Å². The van der Waals surface area contributed by atoms with Crippen molar-refractivity contribution < 1.29 is 18.7 Å². The zero-order chi connectivity index (χ0) is 17.8. The van der Waals surface area contributed by atoms with Crippen molar-refractivity contribution in [3.8, 4) is 5.75 Å². The first-order valence-electron chi connectivity index (χ1n) is 8.12. The van der Waals surface area contributed by atoms with Gasteiger partial charge in [-0.25, -0.2) is 4.39 Å². The first kappa shape index (κ1) is 17.0. The van der Waals surface area contributed by atoms with Crippen LogP contribution in [0.5, 0.6) is 5.75 Å². The summed E-state index contributed by atoms with van der Waals surface area (Å²) in [6, 6.07) is 10.9. The highest BCUT2D eigenvalue weighted by Crippen LogP contribution is 2.27. The van der Waals surface area contributed by atoms with Crippen LogP contribution in [-0.4, -0.2) is 25.0 Å². The van der Waals surface area contributed by atoms with Crippen molar-refractivity contribution in [1.29, 1.82) is 0 Å². The van der Waals surface area contributed by atoms with E-state index in [2.05, 4.69) is 5.32 Å². The molecule has 0 aliphatic carbocycles. The molecule has 1 aliphatic rings. The van der Waals surface area contributed by atoms with Gasteiger partial charge in [0, 0.05) is 24.3 Å². The summed E-state index contributed by atoms with van der Waals surface area (Å²) in [6.45, 7) is 2.47. The predicted octanol–water partition coefficient (Wildman–Crippen LogP) is 3.28. The molecule has 5 nitrogen and oxygen atoms in total. The number of hydrogen-bond donors (Lipinski definition) is 1. The molecule has 2 amide bonds. The van der Waals surface area contributed by atoms with Crippen molar-refractivity contribution in [1.82, 2.24) is 0 Å². The maximum Gasteiger partial charge on any atom is 0.262 e. The lowest BCUT2D eigenvalue weighted by molar-refractivity contribution is -0.118. The molecule has 0 bridgehead atoms. The topological polar surface area (TPSA) is 58.6 Å². The molecule has 1 saturated heterocycles. The number of halogens is 1. The average Bonchev–Trinajstić information content (AvgIpc) is 3.00.